The molecule has 0 heteroatoms. The molecular formula is C26H32. The van der Waals surface area contributed by atoms with Crippen LogP contribution in [0.1, 0.15) is 82.1 Å². The van der Waals surface area contributed by atoms with Crippen LogP contribution in [0.3, 0.4) is 0 Å². The van der Waals surface area contributed by atoms with Crippen molar-refractivity contribution in [2.75, 3.05) is 0 Å². The van der Waals surface area contributed by atoms with E-state index in [1.807, 2.05) is 0 Å². The Kier molecular flexibility index (Phi) is 5.81. The molecule has 0 amide bonds. The van der Waals surface area contributed by atoms with Crippen molar-refractivity contribution in [3.63, 3.8) is 0 Å². The second kappa shape index (κ2) is 8.08. The van der Waals surface area contributed by atoms with Crippen molar-refractivity contribution < 1.29 is 0 Å². The fourth-order valence-corrected chi connectivity index (χ4v) is 4.42. The Morgan fingerprint density at radius 1 is 0.769 bits per heavy atom. The number of rotatable bonds is 7. The average Bonchev–Trinajstić information content (AvgIpc) is 2.88. The van der Waals surface area contributed by atoms with E-state index in [1.165, 1.54) is 65.5 Å². The molecule has 0 fully saturated rings. The highest BCUT2D eigenvalue weighted by Gasteiger charge is 2.38. The smallest absolute Gasteiger partial charge is 0.0187 e. The van der Waals surface area contributed by atoms with Crippen molar-refractivity contribution in [2.24, 2.45) is 0 Å². The molecule has 1 aliphatic rings. The summed E-state index contributed by atoms with van der Waals surface area (Å²) < 4.78 is 0. The van der Waals surface area contributed by atoms with Crippen LogP contribution < -0.4 is 0 Å². The molecule has 0 heterocycles. The van der Waals surface area contributed by atoms with Crippen LogP contribution in [0.25, 0.3) is 23.3 Å². The fraction of sp³-hybridized carbons (Fsp3) is 0.385. The van der Waals surface area contributed by atoms with E-state index in [9.17, 15) is 0 Å². The van der Waals surface area contributed by atoms with Crippen LogP contribution in [-0.2, 0) is 5.41 Å². The summed E-state index contributed by atoms with van der Waals surface area (Å²) in [7, 11) is 0. The maximum atomic E-state index is 2.46. The van der Waals surface area contributed by atoms with E-state index in [-0.39, 0.29) is 5.41 Å². The summed E-state index contributed by atoms with van der Waals surface area (Å²) in [5.41, 5.74) is 8.62. The van der Waals surface area contributed by atoms with E-state index < -0.39 is 0 Å². The fourth-order valence-electron chi connectivity index (χ4n) is 4.42. The van der Waals surface area contributed by atoms with Gasteiger partial charge in [0.15, 0.2) is 0 Å². The summed E-state index contributed by atoms with van der Waals surface area (Å²) in [6, 6.07) is 14.0. The molecule has 0 N–H and O–H groups in total. The van der Waals surface area contributed by atoms with Gasteiger partial charge in [0, 0.05) is 5.41 Å². The summed E-state index contributed by atoms with van der Waals surface area (Å²) in [4.78, 5) is 0. The molecule has 0 radical (unpaired) electrons. The van der Waals surface area contributed by atoms with Gasteiger partial charge < -0.3 is 0 Å². The van der Waals surface area contributed by atoms with E-state index in [1.54, 1.807) is 0 Å². The SMILES string of the molecule is C/C=C/c1ccc2c(c1)C(C)(CCCCCC)c1cc(/C=C/C)ccc1-2. The van der Waals surface area contributed by atoms with E-state index in [0.29, 0.717) is 0 Å². The Bertz CT molecular complexity index is 758. The predicted octanol–water partition coefficient (Wildman–Crippen LogP) is 8.01. The van der Waals surface area contributed by atoms with Gasteiger partial charge in [-0.05, 0) is 53.6 Å². The van der Waals surface area contributed by atoms with Crippen molar-refractivity contribution in [2.45, 2.75) is 65.2 Å². The van der Waals surface area contributed by atoms with Crippen molar-refractivity contribution in [3.8, 4) is 11.1 Å². The molecule has 0 atom stereocenters. The van der Waals surface area contributed by atoms with Gasteiger partial charge >= 0.3 is 0 Å². The molecule has 2 aromatic carbocycles. The quantitative estimate of drug-likeness (QED) is 0.446. The Labute approximate surface area is 159 Å². The topological polar surface area (TPSA) is 0 Å². The van der Waals surface area contributed by atoms with Crippen LogP contribution >= 0.6 is 0 Å². The molecule has 0 aliphatic heterocycles. The Hall–Kier alpha value is -2.08. The molecule has 0 spiro atoms. The number of benzene rings is 2. The largest absolute Gasteiger partial charge is 0.0871 e. The lowest BCUT2D eigenvalue weighted by molar-refractivity contribution is 0.487. The van der Waals surface area contributed by atoms with Crippen molar-refractivity contribution in [1.82, 2.24) is 0 Å². The third-order valence-electron chi connectivity index (χ3n) is 5.81. The van der Waals surface area contributed by atoms with E-state index in [4.69, 9.17) is 0 Å². The lowest BCUT2D eigenvalue weighted by atomic mass is 9.75. The standard InChI is InChI=1S/C26H32/c1-5-8-9-10-17-26(4)24-18-20(11-6-2)13-15-22(24)23-16-14-21(12-7-3)19-25(23)26/h6-7,11-16,18-19H,5,8-10,17H2,1-4H3/b11-6+,12-7+. The van der Waals surface area contributed by atoms with Crippen LogP contribution in [0.4, 0.5) is 0 Å². The predicted molar refractivity (Wildman–Crippen MR) is 117 cm³/mol. The Balaban J connectivity index is 2.08. The summed E-state index contributed by atoms with van der Waals surface area (Å²) >= 11 is 0. The maximum Gasteiger partial charge on any atom is 0.0187 e. The summed E-state index contributed by atoms with van der Waals surface area (Å²) in [5.74, 6) is 0. The molecule has 0 aromatic heterocycles. The van der Waals surface area contributed by atoms with Crippen LogP contribution in [0, 0.1) is 0 Å². The molecule has 0 unspecified atom stereocenters. The van der Waals surface area contributed by atoms with Gasteiger partial charge in [0.05, 0.1) is 0 Å². The zero-order chi connectivity index (χ0) is 18.6. The van der Waals surface area contributed by atoms with Crippen LogP contribution in [0.2, 0.25) is 0 Å². The third-order valence-corrected chi connectivity index (χ3v) is 5.81. The van der Waals surface area contributed by atoms with Crippen molar-refractivity contribution in [1.29, 1.82) is 0 Å². The first kappa shape index (κ1) is 18.7. The van der Waals surface area contributed by atoms with Gasteiger partial charge in [0.2, 0.25) is 0 Å². The van der Waals surface area contributed by atoms with E-state index in [2.05, 4.69) is 88.4 Å². The summed E-state index contributed by atoms with van der Waals surface area (Å²) in [6.45, 7) is 8.93. The molecule has 0 nitrogen and oxygen atoms in total. The van der Waals surface area contributed by atoms with Gasteiger partial charge in [0.1, 0.15) is 0 Å². The maximum absolute atomic E-state index is 2.46. The zero-order valence-electron chi connectivity index (χ0n) is 16.8. The number of hydrogen-bond donors (Lipinski definition) is 0. The summed E-state index contributed by atoms with van der Waals surface area (Å²) in [6.07, 6.45) is 15.2. The highest BCUT2D eigenvalue weighted by molar-refractivity contribution is 5.83. The van der Waals surface area contributed by atoms with Gasteiger partial charge in [0.25, 0.3) is 0 Å². The molecule has 2 aromatic rings. The Morgan fingerprint density at radius 2 is 1.31 bits per heavy atom. The first-order valence-corrected chi connectivity index (χ1v) is 10.2. The number of unbranched alkanes of at least 4 members (excludes halogenated alkanes) is 3. The minimum Gasteiger partial charge on any atom is -0.0871 e. The monoisotopic (exact) mass is 344 g/mol. The van der Waals surface area contributed by atoms with Gasteiger partial charge in [-0.25, -0.2) is 0 Å². The summed E-state index contributed by atoms with van der Waals surface area (Å²) in [5, 5.41) is 0. The van der Waals surface area contributed by atoms with Crippen molar-refractivity contribution in [3.05, 3.63) is 70.8 Å². The molecule has 1 aliphatic carbocycles. The van der Waals surface area contributed by atoms with Crippen molar-refractivity contribution >= 4 is 12.2 Å². The highest BCUT2D eigenvalue weighted by Crippen LogP contribution is 2.52. The molecular weight excluding hydrogens is 312 g/mol. The number of hydrogen-bond acceptors (Lipinski definition) is 0. The van der Waals surface area contributed by atoms with E-state index in [0.717, 1.165) is 0 Å². The zero-order valence-corrected chi connectivity index (χ0v) is 16.8. The molecule has 26 heavy (non-hydrogen) atoms. The molecule has 3 rings (SSSR count). The molecule has 0 saturated carbocycles. The van der Waals surface area contributed by atoms with Crippen LogP contribution in [-0.4, -0.2) is 0 Å². The van der Waals surface area contributed by atoms with Gasteiger partial charge in [-0.3, -0.25) is 0 Å². The number of fused-ring (bicyclic) bond motifs is 3. The normalized spacial score (nSPS) is 14.9. The van der Waals surface area contributed by atoms with E-state index >= 15 is 0 Å². The van der Waals surface area contributed by atoms with Crippen LogP contribution in [0.5, 0.6) is 0 Å². The minimum absolute atomic E-state index is 0.119. The first-order chi connectivity index (χ1) is 12.6. The van der Waals surface area contributed by atoms with Gasteiger partial charge in [-0.15, -0.1) is 0 Å². The highest BCUT2D eigenvalue weighted by atomic mass is 14.4. The average molecular weight is 345 g/mol. The van der Waals surface area contributed by atoms with Crippen LogP contribution in [0.15, 0.2) is 48.6 Å². The lowest BCUT2D eigenvalue weighted by Crippen LogP contribution is -2.21. The number of allylic oxidation sites excluding steroid dienone is 2. The second-order valence-corrected chi connectivity index (χ2v) is 7.75. The molecule has 0 bridgehead atoms. The minimum atomic E-state index is 0.119. The second-order valence-electron chi connectivity index (χ2n) is 7.75. The molecule has 136 valence electrons. The van der Waals surface area contributed by atoms with Gasteiger partial charge in [-0.2, -0.15) is 0 Å². The first-order valence-electron chi connectivity index (χ1n) is 10.2. The Morgan fingerprint density at radius 3 is 1.77 bits per heavy atom. The lowest BCUT2D eigenvalue weighted by Gasteiger charge is -2.28. The van der Waals surface area contributed by atoms with Gasteiger partial charge in [-0.1, -0.05) is 100 Å². The third kappa shape index (κ3) is 3.43. The molecule has 0 saturated heterocycles.